The molecule has 0 saturated carbocycles. The van der Waals surface area contributed by atoms with Gasteiger partial charge in [-0.25, -0.2) is 0 Å². The van der Waals surface area contributed by atoms with Crippen LogP contribution in [-0.4, -0.2) is 37.0 Å². The van der Waals surface area contributed by atoms with Crippen LogP contribution in [0.2, 0.25) is 0 Å². The van der Waals surface area contributed by atoms with E-state index in [1.807, 2.05) is 12.1 Å². The Labute approximate surface area is 103 Å². The van der Waals surface area contributed by atoms with Gasteiger partial charge in [-0.15, -0.1) is 0 Å². The maximum Gasteiger partial charge on any atom is 0.153 e. The number of hydrogen-bond donors (Lipinski definition) is 0. The Morgan fingerprint density at radius 1 is 1.35 bits per heavy atom. The van der Waals surface area contributed by atoms with Gasteiger partial charge in [0.1, 0.15) is 11.6 Å². The predicted molar refractivity (Wildman–Crippen MR) is 70.9 cm³/mol. The summed E-state index contributed by atoms with van der Waals surface area (Å²) in [5, 5.41) is 0. The highest BCUT2D eigenvalue weighted by molar-refractivity contribution is 5.87. The monoisotopic (exact) mass is 232 g/mol. The minimum atomic E-state index is 0.0167. The molecule has 1 unspecified atom stereocenters. The first-order chi connectivity index (χ1) is 8.09. The van der Waals surface area contributed by atoms with Crippen LogP contribution in [0.1, 0.15) is 18.1 Å². The van der Waals surface area contributed by atoms with Crippen molar-refractivity contribution in [3.8, 4) is 5.75 Å². The molecule has 0 N–H and O–H groups in total. The highest BCUT2D eigenvalue weighted by Gasteiger charge is 2.21. The number of rotatable bonds is 3. The lowest BCUT2D eigenvalue weighted by molar-refractivity contribution is 0.270. The summed E-state index contributed by atoms with van der Waals surface area (Å²) < 4.78 is 6.01. The molecule has 0 aromatic heterocycles. The molecule has 1 heterocycles. The lowest BCUT2D eigenvalue weighted by Gasteiger charge is -2.22. The molecule has 0 aliphatic carbocycles. The van der Waals surface area contributed by atoms with Gasteiger partial charge >= 0.3 is 0 Å². The second kappa shape index (κ2) is 4.78. The molecule has 3 heteroatoms. The van der Waals surface area contributed by atoms with Crippen molar-refractivity contribution in [2.75, 3.05) is 20.1 Å². The standard InChI is InChI=1S/C14H20N2O/c1-10-6-5-7-13(11(10)2)17-12(3)14-15-8-9-16(14)4/h5-7,12H,8-9H2,1-4H3. The van der Waals surface area contributed by atoms with Gasteiger partial charge in [0.05, 0.1) is 6.54 Å². The van der Waals surface area contributed by atoms with Gasteiger partial charge in [-0.05, 0) is 38.0 Å². The summed E-state index contributed by atoms with van der Waals surface area (Å²) in [6, 6.07) is 6.16. The van der Waals surface area contributed by atoms with Gasteiger partial charge < -0.3 is 9.64 Å². The fourth-order valence-electron chi connectivity index (χ4n) is 2.08. The summed E-state index contributed by atoms with van der Waals surface area (Å²) in [6.45, 7) is 8.13. The van der Waals surface area contributed by atoms with E-state index in [0.29, 0.717) is 0 Å². The van der Waals surface area contributed by atoms with E-state index in [-0.39, 0.29) is 6.10 Å². The Bertz CT molecular complexity index is 440. The van der Waals surface area contributed by atoms with E-state index in [4.69, 9.17) is 4.74 Å². The number of amidine groups is 1. The topological polar surface area (TPSA) is 24.8 Å². The molecule has 1 atom stereocenters. The van der Waals surface area contributed by atoms with E-state index in [1.165, 1.54) is 11.1 Å². The average Bonchev–Trinajstić information content (AvgIpc) is 2.71. The minimum Gasteiger partial charge on any atom is -0.483 e. The number of likely N-dealkylation sites (N-methyl/N-ethyl adjacent to an activating group) is 1. The molecule has 0 saturated heterocycles. The highest BCUT2D eigenvalue weighted by Crippen LogP contribution is 2.22. The zero-order valence-corrected chi connectivity index (χ0v) is 11.0. The van der Waals surface area contributed by atoms with Crippen LogP contribution in [0.15, 0.2) is 23.2 Å². The molecular formula is C14H20N2O. The number of nitrogens with zero attached hydrogens (tertiary/aromatic N) is 2. The van der Waals surface area contributed by atoms with Crippen molar-refractivity contribution in [1.82, 2.24) is 4.90 Å². The Hall–Kier alpha value is -1.51. The van der Waals surface area contributed by atoms with Crippen molar-refractivity contribution in [3.05, 3.63) is 29.3 Å². The summed E-state index contributed by atoms with van der Waals surface area (Å²) in [5.74, 6) is 2.01. The molecule has 0 radical (unpaired) electrons. The number of aliphatic imine (C=N–C) groups is 1. The molecule has 92 valence electrons. The fraction of sp³-hybridized carbons (Fsp3) is 0.500. The molecule has 1 aliphatic rings. The van der Waals surface area contributed by atoms with Crippen molar-refractivity contribution >= 4 is 5.84 Å². The van der Waals surface area contributed by atoms with Gasteiger partial charge in [-0.3, -0.25) is 4.99 Å². The molecule has 1 aromatic carbocycles. The van der Waals surface area contributed by atoms with E-state index in [9.17, 15) is 0 Å². The summed E-state index contributed by atoms with van der Waals surface area (Å²) in [4.78, 5) is 6.64. The van der Waals surface area contributed by atoms with E-state index in [0.717, 1.165) is 24.7 Å². The molecule has 0 fully saturated rings. The van der Waals surface area contributed by atoms with Crippen LogP contribution in [0.4, 0.5) is 0 Å². The minimum absolute atomic E-state index is 0.0167. The van der Waals surface area contributed by atoms with Crippen molar-refractivity contribution in [2.24, 2.45) is 4.99 Å². The maximum absolute atomic E-state index is 6.01. The zero-order valence-electron chi connectivity index (χ0n) is 11.0. The molecule has 1 aliphatic heterocycles. The number of benzene rings is 1. The van der Waals surface area contributed by atoms with Crippen molar-refractivity contribution in [2.45, 2.75) is 26.9 Å². The SMILES string of the molecule is Cc1cccc(OC(C)C2=NCCN2C)c1C. The largest absolute Gasteiger partial charge is 0.483 e. The summed E-state index contributed by atoms with van der Waals surface area (Å²) >= 11 is 0. The highest BCUT2D eigenvalue weighted by atomic mass is 16.5. The first-order valence-corrected chi connectivity index (χ1v) is 6.08. The molecule has 1 aromatic rings. The fourth-order valence-corrected chi connectivity index (χ4v) is 2.08. The van der Waals surface area contributed by atoms with Crippen LogP contribution < -0.4 is 4.74 Å². The first kappa shape index (κ1) is 12.0. The number of hydrogen-bond acceptors (Lipinski definition) is 3. The van der Waals surface area contributed by atoms with Gasteiger partial charge in [-0.2, -0.15) is 0 Å². The molecule has 17 heavy (non-hydrogen) atoms. The molecule has 0 amide bonds. The van der Waals surface area contributed by atoms with Gasteiger partial charge in [0, 0.05) is 13.6 Å². The third-order valence-electron chi connectivity index (χ3n) is 3.32. The first-order valence-electron chi connectivity index (χ1n) is 6.08. The van der Waals surface area contributed by atoms with Crippen LogP contribution in [0, 0.1) is 13.8 Å². The molecule has 2 rings (SSSR count). The molecular weight excluding hydrogens is 212 g/mol. The van der Waals surface area contributed by atoms with E-state index in [1.54, 1.807) is 0 Å². The van der Waals surface area contributed by atoms with E-state index in [2.05, 4.69) is 43.8 Å². The molecule has 3 nitrogen and oxygen atoms in total. The van der Waals surface area contributed by atoms with Crippen LogP contribution in [-0.2, 0) is 0 Å². The van der Waals surface area contributed by atoms with Gasteiger partial charge in [-0.1, -0.05) is 12.1 Å². The van der Waals surface area contributed by atoms with Crippen LogP contribution in [0.3, 0.4) is 0 Å². The molecule has 0 bridgehead atoms. The third kappa shape index (κ3) is 2.43. The third-order valence-corrected chi connectivity index (χ3v) is 3.32. The summed E-state index contributed by atoms with van der Waals surface area (Å²) in [7, 11) is 2.06. The van der Waals surface area contributed by atoms with Crippen molar-refractivity contribution in [1.29, 1.82) is 0 Å². The van der Waals surface area contributed by atoms with Gasteiger partial charge in [0.25, 0.3) is 0 Å². The van der Waals surface area contributed by atoms with Crippen LogP contribution in [0.5, 0.6) is 5.75 Å². The van der Waals surface area contributed by atoms with Crippen LogP contribution >= 0.6 is 0 Å². The zero-order chi connectivity index (χ0) is 12.4. The Morgan fingerprint density at radius 3 is 2.76 bits per heavy atom. The average molecular weight is 232 g/mol. The van der Waals surface area contributed by atoms with Crippen molar-refractivity contribution < 1.29 is 4.74 Å². The number of ether oxygens (including phenoxy) is 1. The normalized spacial score (nSPS) is 16.9. The van der Waals surface area contributed by atoms with Gasteiger partial charge in [0.15, 0.2) is 6.10 Å². The second-order valence-electron chi connectivity index (χ2n) is 4.62. The summed E-state index contributed by atoms with van der Waals surface area (Å²) in [5.41, 5.74) is 2.47. The Kier molecular flexibility index (Phi) is 3.36. The van der Waals surface area contributed by atoms with Gasteiger partial charge in [0.2, 0.25) is 0 Å². The Morgan fingerprint density at radius 2 is 2.12 bits per heavy atom. The van der Waals surface area contributed by atoms with Crippen molar-refractivity contribution in [3.63, 3.8) is 0 Å². The van der Waals surface area contributed by atoms with E-state index < -0.39 is 0 Å². The van der Waals surface area contributed by atoms with Crippen LogP contribution in [0.25, 0.3) is 0 Å². The number of aryl methyl sites for hydroxylation is 1. The molecule has 0 spiro atoms. The maximum atomic E-state index is 6.01. The lowest BCUT2D eigenvalue weighted by Crippen LogP contribution is -2.35. The predicted octanol–water partition coefficient (Wildman–Crippen LogP) is 2.41. The Balaban J connectivity index is 2.13. The smallest absolute Gasteiger partial charge is 0.153 e. The second-order valence-corrected chi connectivity index (χ2v) is 4.62. The quantitative estimate of drug-likeness (QED) is 0.799. The van der Waals surface area contributed by atoms with E-state index >= 15 is 0 Å². The lowest BCUT2D eigenvalue weighted by atomic mass is 10.1. The summed E-state index contributed by atoms with van der Waals surface area (Å²) in [6.07, 6.45) is 0.0167.